The zero-order valence-electron chi connectivity index (χ0n) is 15.8. The van der Waals surface area contributed by atoms with Crippen LogP contribution in [0.1, 0.15) is 53.7 Å². The van der Waals surface area contributed by atoms with Gasteiger partial charge in [0.1, 0.15) is 0 Å². The van der Waals surface area contributed by atoms with Crippen LogP contribution < -0.4 is 5.32 Å². The fourth-order valence-electron chi connectivity index (χ4n) is 3.48. The summed E-state index contributed by atoms with van der Waals surface area (Å²) in [7, 11) is -3.55. The number of piperidine rings is 1. The lowest BCUT2D eigenvalue weighted by molar-refractivity contribution is 0.0939. The minimum Gasteiger partial charge on any atom is -0.346 e. The summed E-state index contributed by atoms with van der Waals surface area (Å²) in [6.07, 6.45) is 2.83. The summed E-state index contributed by atoms with van der Waals surface area (Å²) in [5.74, 6) is -0.276. The first-order valence-corrected chi connectivity index (χ1v) is 10.8. The van der Waals surface area contributed by atoms with Gasteiger partial charge in [0.2, 0.25) is 10.0 Å². The van der Waals surface area contributed by atoms with Crippen LogP contribution in [0.15, 0.2) is 53.4 Å². The average Bonchev–Trinajstić information content (AvgIpc) is 2.69. The molecule has 6 heteroatoms. The minimum absolute atomic E-state index is 0.166. The van der Waals surface area contributed by atoms with E-state index < -0.39 is 10.0 Å². The Balaban J connectivity index is 1.78. The summed E-state index contributed by atoms with van der Waals surface area (Å²) in [4.78, 5) is 12.9. The molecule has 1 fully saturated rings. The van der Waals surface area contributed by atoms with Crippen LogP contribution in [0, 0.1) is 6.92 Å². The summed E-state index contributed by atoms with van der Waals surface area (Å²) >= 11 is 0. The van der Waals surface area contributed by atoms with Crippen LogP contribution in [0.2, 0.25) is 0 Å². The van der Waals surface area contributed by atoms with Crippen LogP contribution in [0.5, 0.6) is 0 Å². The molecular weight excluding hydrogens is 360 g/mol. The van der Waals surface area contributed by atoms with Gasteiger partial charge in [-0.05, 0) is 56.0 Å². The van der Waals surface area contributed by atoms with Crippen molar-refractivity contribution in [1.29, 1.82) is 0 Å². The largest absolute Gasteiger partial charge is 0.346 e. The molecule has 2 aromatic rings. The van der Waals surface area contributed by atoms with Gasteiger partial charge in [0.25, 0.3) is 5.91 Å². The molecule has 1 heterocycles. The zero-order valence-corrected chi connectivity index (χ0v) is 16.6. The normalized spacial score (nSPS) is 16.7. The van der Waals surface area contributed by atoms with Crippen molar-refractivity contribution in [2.45, 2.75) is 44.0 Å². The number of carbonyl (C=O) groups excluding carboxylic acids is 1. The van der Waals surface area contributed by atoms with Crippen molar-refractivity contribution in [3.8, 4) is 0 Å². The molecule has 0 spiro atoms. The summed E-state index contributed by atoms with van der Waals surface area (Å²) < 4.78 is 27.2. The number of sulfonamides is 1. The zero-order chi connectivity index (χ0) is 19.4. The predicted octanol–water partition coefficient (Wildman–Crippen LogP) is 3.66. The predicted molar refractivity (Wildman–Crippen MR) is 106 cm³/mol. The molecule has 0 aromatic heterocycles. The quantitative estimate of drug-likeness (QED) is 0.853. The van der Waals surface area contributed by atoms with Crippen LogP contribution >= 0.6 is 0 Å². The average molecular weight is 387 g/mol. The van der Waals surface area contributed by atoms with Crippen molar-refractivity contribution in [3.05, 3.63) is 65.2 Å². The van der Waals surface area contributed by atoms with E-state index in [1.54, 1.807) is 18.2 Å². The Labute approximate surface area is 161 Å². The third-order valence-corrected chi connectivity index (χ3v) is 6.95. The first kappa shape index (κ1) is 19.6. The van der Waals surface area contributed by atoms with Crippen molar-refractivity contribution < 1.29 is 13.2 Å². The van der Waals surface area contributed by atoms with Crippen LogP contribution in [-0.4, -0.2) is 31.7 Å². The third-order valence-electron chi connectivity index (χ3n) is 5.05. The number of benzene rings is 2. The lowest BCUT2D eigenvalue weighted by atomic mass is 10.0. The van der Waals surface area contributed by atoms with Gasteiger partial charge < -0.3 is 5.32 Å². The lowest BCUT2D eigenvalue weighted by Gasteiger charge is -2.26. The molecule has 27 heavy (non-hydrogen) atoms. The Morgan fingerprint density at radius 1 is 1.04 bits per heavy atom. The highest BCUT2D eigenvalue weighted by molar-refractivity contribution is 7.89. The minimum atomic E-state index is -3.55. The fraction of sp³-hybridized carbons (Fsp3) is 0.381. The molecule has 2 aromatic carbocycles. The number of hydrogen-bond donors (Lipinski definition) is 1. The summed E-state index contributed by atoms with van der Waals surface area (Å²) in [5.41, 5.74) is 2.50. The van der Waals surface area contributed by atoms with Gasteiger partial charge >= 0.3 is 0 Å². The highest BCUT2D eigenvalue weighted by Gasteiger charge is 2.26. The van der Waals surface area contributed by atoms with Gasteiger partial charge in [-0.2, -0.15) is 4.31 Å². The number of hydrogen-bond acceptors (Lipinski definition) is 3. The SMILES string of the molecule is Cc1ccccc1C(C)NC(=O)c1cccc(S(=O)(=O)N2CCCCC2)c1. The van der Waals surface area contributed by atoms with Gasteiger partial charge in [-0.25, -0.2) is 8.42 Å². The second-order valence-electron chi connectivity index (χ2n) is 7.04. The number of rotatable bonds is 5. The molecule has 144 valence electrons. The number of amides is 1. The van der Waals surface area contributed by atoms with Crippen LogP contribution in [-0.2, 0) is 10.0 Å². The molecular formula is C21H26N2O3S. The maximum Gasteiger partial charge on any atom is 0.251 e. The standard InChI is InChI=1S/C21H26N2O3S/c1-16-9-4-5-12-20(16)17(2)22-21(24)18-10-8-11-19(15-18)27(25,26)23-13-6-3-7-14-23/h4-5,8-12,15,17H,3,6-7,13-14H2,1-2H3,(H,22,24). The van der Waals surface area contributed by atoms with E-state index in [9.17, 15) is 13.2 Å². The Kier molecular flexibility index (Phi) is 5.97. The first-order valence-electron chi connectivity index (χ1n) is 9.36. The molecule has 1 N–H and O–H groups in total. The smallest absolute Gasteiger partial charge is 0.251 e. The molecule has 1 aliphatic rings. The molecule has 1 atom stereocenters. The number of carbonyl (C=O) groups is 1. The number of nitrogens with one attached hydrogen (secondary N) is 1. The van der Waals surface area contributed by atoms with E-state index >= 15 is 0 Å². The molecule has 0 saturated carbocycles. The van der Waals surface area contributed by atoms with Gasteiger partial charge in [0, 0.05) is 18.7 Å². The molecule has 5 nitrogen and oxygen atoms in total. The molecule has 3 rings (SSSR count). The van der Waals surface area contributed by atoms with E-state index in [1.807, 2.05) is 38.1 Å². The third kappa shape index (κ3) is 4.39. The molecule has 0 bridgehead atoms. The summed E-state index contributed by atoms with van der Waals surface area (Å²) in [5, 5.41) is 2.96. The number of aryl methyl sites for hydroxylation is 1. The van der Waals surface area contributed by atoms with Crippen molar-refractivity contribution in [1.82, 2.24) is 9.62 Å². The fourth-order valence-corrected chi connectivity index (χ4v) is 5.05. The molecule has 1 amide bonds. The molecule has 1 saturated heterocycles. The maximum atomic E-state index is 12.8. The Bertz CT molecular complexity index is 919. The van der Waals surface area contributed by atoms with Gasteiger partial charge in [0.05, 0.1) is 10.9 Å². The summed E-state index contributed by atoms with van der Waals surface area (Å²) in [6.45, 7) is 5.02. The molecule has 0 aliphatic carbocycles. The lowest BCUT2D eigenvalue weighted by Crippen LogP contribution is -2.35. The second kappa shape index (κ2) is 8.23. The van der Waals surface area contributed by atoms with Gasteiger partial charge in [0.15, 0.2) is 0 Å². The monoisotopic (exact) mass is 386 g/mol. The highest BCUT2D eigenvalue weighted by Crippen LogP contribution is 2.22. The number of nitrogens with zero attached hydrogens (tertiary/aromatic N) is 1. The maximum absolute atomic E-state index is 12.8. The van der Waals surface area contributed by atoms with E-state index in [0.29, 0.717) is 18.7 Å². The van der Waals surface area contributed by atoms with E-state index in [2.05, 4.69) is 5.32 Å². The first-order chi connectivity index (χ1) is 12.9. The van der Waals surface area contributed by atoms with Crippen LogP contribution in [0.25, 0.3) is 0 Å². The molecule has 1 unspecified atom stereocenters. The molecule has 1 aliphatic heterocycles. The molecule has 0 radical (unpaired) electrons. The van der Waals surface area contributed by atoms with E-state index in [4.69, 9.17) is 0 Å². The summed E-state index contributed by atoms with van der Waals surface area (Å²) in [6, 6.07) is 14.0. The van der Waals surface area contributed by atoms with Crippen molar-refractivity contribution in [3.63, 3.8) is 0 Å². The van der Waals surface area contributed by atoms with Gasteiger partial charge in [-0.3, -0.25) is 4.79 Å². The van der Waals surface area contributed by atoms with Gasteiger partial charge in [-0.1, -0.05) is 36.8 Å². The highest BCUT2D eigenvalue weighted by atomic mass is 32.2. The Morgan fingerprint density at radius 3 is 2.44 bits per heavy atom. The second-order valence-corrected chi connectivity index (χ2v) is 8.98. The van der Waals surface area contributed by atoms with Crippen molar-refractivity contribution in [2.24, 2.45) is 0 Å². The van der Waals surface area contributed by atoms with E-state index in [1.165, 1.54) is 10.4 Å². The van der Waals surface area contributed by atoms with E-state index in [0.717, 1.165) is 30.4 Å². The van der Waals surface area contributed by atoms with Gasteiger partial charge in [-0.15, -0.1) is 0 Å². The van der Waals surface area contributed by atoms with Crippen molar-refractivity contribution >= 4 is 15.9 Å². The Hall–Kier alpha value is -2.18. The Morgan fingerprint density at radius 2 is 1.74 bits per heavy atom. The van der Waals surface area contributed by atoms with Crippen LogP contribution in [0.3, 0.4) is 0 Å². The topological polar surface area (TPSA) is 66.5 Å². The van der Waals surface area contributed by atoms with Crippen molar-refractivity contribution in [2.75, 3.05) is 13.1 Å². The van der Waals surface area contributed by atoms with Crippen LogP contribution in [0.4, 0.5) is 0 Å². The van der Waals surface area contributed by atoms with E-state index in [-0.39, 0.29) is 16.8 Å².